The number of aromatic nitrogens is 2. The molecule has 1 aliphatic rings. The number of benzene rings is 2. The van der Waals surface area contributed by atoms with Crippen LogP contribution in [0.3, 0.4) is 0 Å². The SMILES string of the molecule is CN(C(=O)c1cccc(-n2[nH]c(C(F)(F)F)cc2=O)c1)c1ccc2c(c1)OC(F)(F)O2. The first kappa shape index (κ1) is 20.4. The van der Waals surface area contributed by atoms with Gasteiger partial charge >= 0.3 is 12.5 Å². The van der Waals surface area contributed by atoms with Gasteiger partial charge in [-0.05, 0) is 30.3 Å². The lowest BCUT2D eigenvalue weighted by atomic mass is 10.1. The summed E-state index contributed by atoms with van der Waals surface area (Å²) < 4.78 is 74.2. The summed E-state index contributed by atoms with van der Waals surface area (Å²) in [4.78, 5) is 25.9. The molecule has 1 aliphatic heterocycles. The largest absolute Gasteiger partial charge is 0.586 e. The molecule has 4 rings (SSSR count). The number of ether oxygens (including phenoxy) is 2. The fraction of sp³-hybridized carbons (Fsp3) is 0.158. The van der Waals surface area contributed by atoms with Gasteiger partial charge in [0.1, 0.15) is 5.69 Å². The average molecular weight is 441 g/mol. The molecule has 162 valence electrons. The Labute approximate surface area is 170 Å². The Hall–Kier alpha value is -3.83. The molecule has 1 amide bonds. The monoisotopic (exact) mass is 441 g/mol. The van der Waals surface area contributed by atoms with E-state index in [-0.39, 0.29) is 28.4 Å². The highest BCUT2D eigenvalue weighted by Gasteiger charge is 2.43. The first-order chi connectivity index (χ1) is 14.4. The number of H-pyrrole nitrogens is 1. The minimum Gasteiger partial charge on any atom is -0.395 e. The second-order valence-electron chi connectivity index (χ2n) is 6.55. The zero-order valence-corrected chi connectivity index (χ0v) is 15.5. The van der Waals surface area contributed by atoms with E-state index in [9.17, 15) is 31.5 Å². The maximum atomic E-state index is 13.2. The summed E-state index contributed by atoms with van der Waals surface area (Å²) >= 11 is 0. The van der Waals surface area contributed by atoms with Gasteiger partial charge in [0.2, 0.25) is 0 Å². The number of carbonyl (C=O) groups is 1. The molecular weight excluding hydrogens is 429 g/mol. The Bertz CT molecular complexity index is 1230. The molecule has 3 aromatic rings. The van der Waals surface area contributed by atoms with E-state index in [4.69, 9.17) is 0 Å². The molecule has 0 bridgehead atoms. The van der Waals surface area contributed by atoms with Gasteiger partial charge in [-0.25, -0.2) is 4.68 Å². The molecular formula is C19H12F5N3O4. The van der Waals surface area contributed by atoms with Gasteiger partial charge in [-0.15, -0.1) is 8.78 Å². The summed E-state index contributed by atoms with van der Waals surface area (Å²) in [5.41, 5.74) is -1.94. The Kier molecular flexibility index (Phi) is 4.52. The standard InChI is InChI=1S/C19H12F5N3O4/c1-26(11-5-6-13-14(8-11)31-19(23,24)30-13)17(29)10-3-2-4-12(7-10)27-16(28)9-15(25-27)18(20,21)22/h2-9,25H,1H3. The predicted octanol–water partition coefficient (Wildman–Crippen LogP) is 3.78. The number of halogens is 5. The lowest BCUT2D eigenvalue weighted by Gasteiger charge is -2.18. The van der Waals surface area contributed by atoms with Crippen molar-refractivity contribution in [1.82, 2.24) is 9.78 Å². The maximum Gasteiger partial charge on any atom is 0.586 e. The molecule has 7 nitrogen and oxygen atoms in total. The summed E-state index contributed by atoms with van der Waals surface area (Å²) in [7, 11) is 1.37. The molecule has 12 heteroatoms. The fourth-order valence-corrected chi connectivity index (χ4v) is 2.97. The summed E-state index contributed by atoms with van der Waals surface area (Å²) in [5, 5.41) is 1.95. The van der Waals surface area contributed by atoms with Crippen LogP contribution < -0.4 is 19.9 Å². The predicted molar refractivity (Wildman–Crippen MR) is 96.8 cm³/mol. The first-order valence-corrected chi connectivity index (χ1v) is 8.62. The first-order valence-electron chi connectivity index (χ1n) is 8.62. The number of rotatable bonds is 3. The molecule has 0 aliphatic carbocycles. The smallest absolute Gasteiger partial charge is 0.395 e. The number of aromatic amines is 1. The number of nitrogens with one attached hydrogen (secondary N) is 1. The molecule has 2 heterocycles. The van der Waals surface area contributed by atoms with Crippen molar-refractivity contribution < 1.29 is 36.2 Å². The van der Waals surface area contributed by atoms with Crippen LogP contribution in [-0.4, -0.2) is 29.0 Å². The van der Waals surface area contributed by atoms with E-state index >= 15 is 0 Å². The zero-order chi connectivity index (χ0) is 22.6. The van der Waals surface area contributed by atoms with Gasteiger partial charge in [-0.3, -0.25) is 14.7 Å². The van der Waals surface area contributed by atoms with Crippen LogP contribution >= 0.6 is 0 Å². The Morgan fingerprint density at radius 2 is 1.77 bits per heavy atom. The topological polar surface area (TPSA) is 76.6 Å². The Morgan fingerprint density at radius 1 is 1.06 bits per heavy atom. The summed E-state index contributed by atoms with van der Waals surface area (Å²) in [6, 6.07) is 9.50. The lowest BCUT2D eigenvalue weighted by Crippen LogP contribution is -2.26. The van der Waals surface area contributed by atoms with Crippen LogP contribution in [0, 0.1) is 0 Å². The molecule has 31 heavy (non-hydrogen) atoms. The maximum absolute atomic E-state index is 13.2. The van der Waals surface area contributed by atoms with Crippen LogP contribution in [0.5, 0.6) is 11.5 Å². The summed E-state index contributed by atoms with van der Waals surface area (Å²) in [6.07, 6.45) is -8.55. The number of anilines is 1. The van der Waals surface area contributed by atoms with Crippen molar-refractivity contribution >= 4 is 11.6 Å². The quantitative estimate of drug-likeness (QED) is 0.628. The van der Waals surface area contributed by atoms with Gasteiger partial charge in [0.05, 0.1) is 5.69 Å². The molecule has 0 fully saturated rings. The molecule has 0 spiro atoms. The van der Waals surface area contributed by atoms with Crippen LogP contribution in [-0.2, 0) is 6.18 Å². The van der Waals surface area contributed by atoms with Gasteiger partial charge in [-0.1, -0.05) is 6.07 Å². The van der Waals surface area contributed by atoms with E-state index in [0.717, 1.165) is 4.90 Å². The van der Waals surface area contributed by atoms with Crippen LogP contribution in [0.4, 0.5) is 27.6 Å². The van der Waals surface area contributed by atoms with Gasteiger partial charge in [0.25, 0.3) is 11.5 Å². The third-order valence-corrected chi connectivity index (χ3v) is 4.45. The molecule has 2 aromatic carbocycles. The number of amides is 1. The van der Waals surface area contributed by atoms with E-state index in [1.807, 2.05) is 5.10 Å². The number of hydrogen-bond acceptors (Lipinski definition) is 4. The minimum atomic E-state index is -4.74. The van der Waals surface area contributed by atoms with Crippen molar-refractivity contribution in [2.45, 2.75) is 12.5 Å². The molecule has 0 saturated heterocycles. The van der Waals surface area contributed by atoms with Crippen molar-refractivity contribution in [3.8, 4) is 17.2 Å². The van der Waals surface area contributed by atoms with Crippen molar-refractivity contribution in [3.63, 3.8) is 0 Å². The highest BCUT2D eigenvalue weighted by atomic mass is 19.4. The highest BCUT2D eigenvalue weighted by molar-refractivity contribution is 6.06. The normalized spacial score (nSPS) is 14.5. The molecule has 1 N–H and O–H groups in total. The zero-order valence-electron chi connectivity index (χ0n) is 15.5. The van der Waals surface area contributed by atoms with Crippen LogP contribution in [0.1, 0.15) is 16.1 Å². The summed E-state index contributed by atoms with van der Waals surface area (Å²) in [5.74, 6) is -1.06. The molecule has 0 atom stereocenters. The fourth-order valence-electron chi connectivity index (χ4n) is 2.97. The summed E-state index contributed by atoms with van der Waals surface area (Å²) in [6.45, 7) is 0. The van der Waals surface area contributed by atoms with Crippen LogP contribution in [0.15, 0.2) is 53.3 Å². The number of alkyl halides is 5. The third-order valence-electron chi connectivity index (χ3n) is 4.45. The minimum absolute atomic E-state index is 0.00470. The highest BCUT2D eigenvalue weighted by Crippen LogP contribution is 2.42. The van der Waals surface area contributed by atoms with Crippen molar-refractivity contribution in [2.75, 3.05) is 11.9 Å². The van der Waals surface area contributed by atoms with Crippen molar-refractivity contribution in [1.29, 1.82) is 0 Å². The van der Waals surface area contributed by atoms with Gasteiger partial charge in [0, 0.05) is 30.4 Å². The number of nitrogens with zero attached hydrogens (tertiary/aromatic N) is 2. The van der Waals surface area contributed by atoms with Crippen LogP contribution in [0.2, 0.25) is 0 Å². The third kappa shape index (κ3) is 3.83. The Balaban J connectivity index is 1.62. The van der Waals surface area contributed by atoms with Gasteiger partial charge in [0.15, 0.2) is 11.5 Å². The second-order valence-corrected chi connectivity index (χ2v) is 6.55. The average Bonchev–Trinajstić information content (AvgIpc) is 3.24. The van der Waals surface area contributed by atoms with E-state index in [2.05, 4.69) is 9.47 Å². The second kappa shape index (κ2) is 6.86. The molecule has 0 unspecified atom stereocenters. The number of hydrogen-bond donors (Lipinski definition) is 1. The van der Waals surface area contributed by atoms with E-state index in [1.54, 1.807) is 0 Å². The number of carbonyl (C=O) groups excluding carboxylic acids is 1. The van der Waals surface area contributed by atoms with E-state index < -0.39 is 29.6 Å². The number of fused-ring (bicyclic) bond motifs is 1. The van der Waals surface area contributed by atoms with E-state index in [0.29, 0.717) is 10.7 Å². The Morgan fingerprint density at radius 3 is 2.45 bits per heavy atom. The van der Waals surface area contributed by atoms with Gasteiger partial charge in [-0.2, -0.15) is 13.2 Å². The van der Waals surface area contributed by atoms with Crippen LogP contribution in [0.25, 0.3) is 5.69 Å². The van der Waals surface area contributed by atoms with Gasteiger partial charge < -0.3 is 14.4 Å². The van der Waals surface area contributed by atoms with E-state index in [1.165, 1.54) is 49.5 Å². The van der Waals surface area contributed by atoms with Crippen molar-refractivity contribution in [2.24, 2.45) is 0 Å². The molecule has 0 saturated carbocycles. The molecule has 1 aromatic heterocycles. The van der Waals surface area contributed by atoms with Crippen molar-refractivity contribution in [3.05, 3.63) is 70.1 Å². The lowest BCUT2D eigenvalue weighted by molar-refractivity contribution is -0.286. The molecule has 0 radical (unpaired) electrons.